The Hall–Kier alpha value is -3.07. The molecule has 0 radical (unpaired) electrons. The summed E-state index contributed by atoms with van der Waals surface area (Å²) in [6, 6.07) is 14.9. The van der Waals surface area contributed by atoms with Crippen LogP contribution in [0.1, 0.15) is 29.7 Å². The molecule has 3 nitrogen and oxygen atoms in total. The first-order valence-electron chi connectivity index (χ1n) is 7.46. The molecule has 0 aliphatic rings. The zero-order valence-corrected chi connectivity index (χ0v) is 13.3. The lowest BCUT2D eigenvalue weighted by Crippen LogP contribution is -2.27. The molecule has 0 saturated heterocycles. The fourth-order valence-corrected chi connectivity index (χ4v) is 2.18. The highest BCUT2D eigenvalue weighted by Gasteiger charge is 2.29. The summed E-state index contributed by atoms with van der Waals surface area (Å²) < 4.78 is 37.6. The first kappa shape index (κ1) is 18.3. The van der Waals surface area contributed by atoms with Gasteiger partial charge in [0.1, 0.15) is 11.6 Å². The summed E-state index contributed by atoms with van der Waals surface area (Å²) >= 11 is 0. The third-order valence-electron chi connectivity index (χ3n) is 3.56. The zero-order valence-electron chi connectivity index (χ0n) is 13.3. The van der Waals surface area contributed by atoms with Gasteiger partial charge in [0, 0.05) is 0 Å². The molecule has 6 heteroatoms. The number of rotatable bonds is 4. The monoisotopic (exact) mass is 344 g/mol. The second-order valence-corrected chi connectivity index (χ2v) is 5.40. The number of hydrogen-bond acceptors (Lipinski definition) is 2. The van der Waals surface area contributed by atoms with Crippen molar-refractivity contribution < 1.29 is 18.0 Å². The van der Waals surface area contributed by atoms with Gasteiger partial charge in [-0.1, -0.05) is 42.5 Å². The van der Waals surface area contributed by atoms with E-state index in [4.69, 9.17) is 5.26 Å². The van der Waals surface area contributed by atoms with Crippen molar-refractivity contribution in [2.24, 2.45) is 0 Å². The average Bonchev–Trinajstić information content (AvgIpc) is 2.60. The Morgan fingerprint density at radius 2 is 1.72 bits per heavy atom. The van der Waals surface area contributed by atoms with E-state index in [0.717, 1.165) is 17.7 Å². The standard InChI is InChI=1S/C19H15F3N2O/c1-13(15-5-3-2-4-6-15)24-18(25)16(12-23)11-14-7-9-17(10-8-14)19(20,21)22/h2-11,13H,1H3,(H,24,25)/b16-11+. The predicted octanol–water partition coefficient (Wildman–Crippen LogP) is 4.49. The van der Waals surface area contributed by atoms with E-state index >= 15 is 0 Å². The van der Waals surface area contributed by atoms with Crippen molar-refractivity contribution in [2.45, 2.75) is 19.1 Å². The molecule has 0 aliphatic heterocycles. The van der Waals surface area contributed by atoms with Crippen molar-refractivity contribution >= 4 is 12.0 Å². The Morgan fingerprint density at radius 1 is 1.12 bits per heavy atom. The van der Waals surface area contributed by atoms with Gasteiger partial charge in [0.25, 0.3) is 5.91 Å². The lowest BCUT2D eigenvalue weighted by Gasteiger charge is -2.13. The normalized spacial score (nSPS) is 13.0. The van der Waals surface area contributed by atoms with Crippen LogP contribution in [0.15, 0.2) is 60.2 Å². The van der Waals surface area contributed by atoms with Gasteiger partial charge in [0.2, 0.25) is 0 Å². The molecule has 0 bridgehead atoms. The third kappa shape index (κ3) is 4.95. The molecule has 1 N–H and O–H groups in total. The number of nitrogens with one attached hydrogen (secondary N) is 1. The van der Waals surface area contributed by atoms with E-state index in [1.54, 1.807) is 13.0 Å². The average molecular weight is 344 g/mol. The topological polar surface area (TPSA) is 52.9 Å². The number of carbonyl (C=O) groups is 1. The molecule has 128 valence electrons. The molecular weight excluding hydrogens is 329 g/mol. The van der Waals surface area contributed by atoms with Crippen molar-refractivity contribution in [1.82, 2.24) is 5.32 Å². The number of carbonyl (C=O) groups excluding carboxylic acids is 1. The third-order valence-corrected chi connectivity index (χ3v) is 3.56. The first-order chi connectivity index (χ1) is 11.8. The highest BCUT2D eigenvalue weighted by atomic mass is 19.4. The number of nitrogens with zero attached hydrogens (tertiary/aromatic N) is 1. The molecule has 2 rings (SSSR count). The Morgan fingerprint density at radius 3 is 2.24 bits per heavy atom. The maximum atomic E-state index is 12.5. The Bertz CT molecular complexity index is 803. The van der Waals surface area contributed by atoms with Crippen LogP contribution in [0, 0.1) is 11.3 Å². The second-order valence-electron chi connectivity index (χ2n) is 5.40. The first-order valence-corrected chi connectivity index (χ1v) is 7.46. The highest BCUT2D eigenvalue weighted by molar-refractivity contribution is 6.01. The van der Waals surface area contributed by atoms with Crippen LogP contribution in [-0.4, -0.2) is 5.91 Å². The summed E-state index contributed by atoms with van der Waals surface area (Å²) in [5.74, 6) is -0.584. The summed E-state index contributed by atoms with van der Waals surface area (Å²) in [4.78, 5) is 12.2. The van der Waals surface area contributed by atoms with Crippen LogP contribution in [-0.2, 0) is 11.0 Å². The maximum Gasteiger partial charge on any atom is 0.416 e. The summed E-state index contributed by atoms with van der Waals surface area (Å²) in [5.41, 5.74) is 0.252. The van der Waals surface area contributed by atoms with E-state index in [-0.39, 0.29) is 11.6 Å². The van der Waals surface area contributed by atoms with Crippen molar-refractivity contribution in [2.75, 3.05) is 0 Å². The SMILES string of the molecule is CC(NC(=O)/C(C#N)=C/c1ccc(C(F)(F)F)cc1)c1ccccc1. The van der Waals surface area contributed by atoms with E-state index in [9.17, 15) is 18.0 Å². The Kier molecular flexibility index (Phi) is 5.60. The van der Waals surface area contributed by atoms with Crippen LogP contribution >= 0.6 is 0 Å². The number of halogens is 3. The molecule has 1 amide bonds. The molecule has 0 fully saturated rings. The Labute approximate surface area is 143 Å². The van der Waals surface area contributed by atoms with Crippen molar-refractivity contribution in [3.8, 4) is 6.07 Å². The van der Waals surface area contributed by atoms with E-state index in [0.29, 0.717) is 5.56 Å². The van der Waals surface area contributed by atoms with Crippen LogP contribution in [0.4, 0.5) is 13.2 Å². The quantitative estimate of drug-likeness (QED) is 0.656. The highest BCUT2D eigenvalue weighted by Crippen LogP contribution is 2.29. The fraction of sp³-hybridized carbons (Fsp3) is 0.158. The number of benzene rings is 2. The van der Waals surface area contributed by atoms with Gasteiger partial charge in [-0.25, -0.2) is 0 Å². The lowest BCUT2D eigenvalue weighted by molar-refractivity contribution is -0.137. The molecule has 0 heterocycles. The lowest BCUT2D eigenvalue weighted by atomic mass is 10.1. The van der Waals surface area contributed by atoms with Gasteiger partial charge in [-0.05, 0) is 36.3 Å². The van der Waals surface area contributed by atoms with Crippen molar-refractivity contribution in [3.05, 3.63) is 76.9 Å². The van der Waals surface area contributed by atoms with Gasteiger partial charge in [-0.15, -0.1) is 0 Å². The summed E-state index contributed by atoms with van der Waals surface area (Å²) in [6.45, 7) is 1.78. The molecule has 2 aromatic carbocycles. The van der Waals surface area contributed by atoms with Gasteiger partial charge in [-0.3, -0.25) is 4.79 Å². The van der Waals surface area contributed by atoms with E-state index in [2.05, 4.69) is 5.32 Å². The number of alkyl halides is 3. The maximum absolute atomic E-state index is 12.5. The van der Waals surface area contributed by atoms with Crippen LogP contribution in [0.3, 0.4) is 0 Å². The molecular formula is C19H15F3N2O. The predicted molar refractivity (Wildman–Crippen MR) is 88.0 cm³/mol. The van der Waals surface area contributed by atoms with E-state index in [1.165, 1.54) is 18.2 Å². The van der Waals surface area contributed by atoms with Gasteiger partial charge >= 0.3 is 6.18 Å². The van der Waals surface area contributed by atoms with Crippen LogP contribution in [0.5, 0.6) is 0 Å². The largest absolute Gasteiger partial charge is 0.416 e. The minimum atomic E-state index is -4.43. The van der Waals surface area contributed by atoms with Gasteiger partial charge < -0.3 is 5.32 Å². The minimum Gasteiger partial charge on any atom is -0.345 e. The van der Waals surface area contributed by atoms with E-state index < -0.39 is 17.6 Å². The van der Waals surface area contributed by atoms with Gasteiger partial charge in [0.05, 0.1) is 11.6 Å². The molecule has 0 spiro atoms. The molecule has 0 aliphatic carbocycles. The van der Waals surface area contributed by atoms with Gasteiger partial charge in [0.15, 0.2) is 0 Å². The minimum absolute atomic E-state index is 0.178. The van der Waals surface area contributed by atoms with Crippen molar-refractivity contribution in [3.63, 3.8) is 0 Å². The smallest absolute Gasteiger partial charge is 0.345 e. The number of hydrogen-bond donors (Lipinski definition) is 1. The fourth-order valence-electron chi connectivity index (χ4n) is 2.18. The summed E-state index contributed by atoms with van der Waals surface area (Å²) in [7, 11) is 0. The van der Waals surface area contributed by atoms with Crippen molar-refractivity contribution in [1.29, 1.82) is 5.26 Å². The summed E-state index contributed by atoms with van der Waals surface area (Å²) in [5, 5.41) is 11.9. The van der Waals surface area contributed by atoms with Crippen LogP contribution in [0.25, 0.3) is 6.08 Å². The molecule has 2 aromatic rings. The van der Waals surface area contributed by atoms with E-state index in [1.807, 2.05) is 30.3 Å². The zero-order chi connectivity index (χ0) is 18.4. The van der Waals surface area contributed by atoms with Gasteiger partial charge in [-0.2, -0.15) is 18.4 Å². The second kappa shape index (κ2) is 7.67. The number of nitriles is 1. The van der Waals surface area contributed by atoms with Crippen LogP contribution < -0.4 is 5.32 Å². The molecule has 0 aromatic heterocycles. The number of amides is 1. The van der Waals surface area contributed by atoms with Crippen LogP contribution in [0.2, 0.25) is 0 Å². The molecule has 25 heavy (non-hydrogen) atoms. The summed E-state index contributed by atoms with van der Waals surface area (Å²) in [6.07, 6.45) is -3.17. The Balaban J connectivity index is 2.14. The molecule has 0 saturated carbocycles. The molecule has 1 unspecified atom stereocenters. The molecule has 1 atom stereocenters.